The fraction of sp³-hybridized carbons (Fsp3) is 0.0909. The maximum atomic E-state index is 12.9. The third-order valence-electron chi connectivity index (χ3n) is 2.21. The number of carboxylic acid groups (broad SMARTS) is 1. The molecule has 2 aromatic rings. The second-order valence-corrected chi connectivity index (χ2v) is 4.70. The second kappa shape index (κ2) is 5.32. The third-order valence-corrected chi connectivity index (χ3v) is 3.28. The second-order valence-electron chi connectivity index (χ2n) is 3.44. The topological polar surface area (TPSA) is 62.2 Å². The molecule has 94 valence electrons. The fourth-order valence-electron chi connectivity index (χ4n) is 1.36. The van der Waals surface area contributed by atoms with Crippen LogP contribution in [-0.4, -0.2) is 16.1 Å². The fourth-order valence-corrected chi connectivity index (χ4v) is 2.23. The highest BCUT2D eigenvalue weighted by molar-refractivity contribution is 7.14. The lowest BCUT2D eigenvalue weighted by Gasteiger charge is -2.05. The van der Waals surface area contributed by atoms with Gasteiger partial charge in [0.15, 0.2) is 5.69 Å². The number of thiazole rings is 1. The van der Waals surface area contributed by atoms with Crippen LogP contribution >= 0.6 is 22.9 Å². The van der Waals surface area contributed by atoms with E-state index in [-0.39, 0.29) is 10.7 Å². The van der Waals surface area contributed by atoms with Crippen LogP contribution in [-0.2, 0) is 6.54 Å². The molecule has 0 atom stereocenters. The number of hydrogen-bond acceptors (Lipinski definition) is 4. The summed E-state index contributed by atoms with van der Waals surface area (Å²) in [7, 11) is 0. The molecule has 1 aromatic carbocycles. The van der Waals surface area contributed by atoms with Gasteiger partial charge in [-0.1, -0.05) is 17.7 Å². The average molecular weight is 287 g/mol. The maximum absolute atomic E-state index is 12.9. The van der Waals surface area contributed by atoms with Crippen LogP contribution in [0.5, 0.6) is 0 Å². The summed E-state index contributed by atoms with van der Waals surface area (Å²) in [5.41, 5.74) is 2.18. The van der Waals surface area contributed by atoms with Gasteiger partial charge in [-0.2, -0.15) is 0 Å². The number of benzene rings is 1. The molecule has 0 bridgehead atoms. The predicted octanol–water partition coefficient (Wildman–Crippen LogP) is 3.25. The number of carbonyl (C=O) groups is 1. The molecule has 0 fully saturated rings. The largest absolute Gasteiger partial charge is 0.476 e. The summed E-state index contributed by atoms with van der Waals surface area (Å²) in [4.78, 5) is 14.6. The predicted molar refractivity (Wildman–Crippen MR) is 67.8 cm³/mol. The molecule has 18 heavy (non-hydrogen) atoms. The van der Waals surface area contributed by atoms with E-state index in [1.54, 1.807) is 6.07 Å². The van der Waals surface area contributed by atoms with Crippen LogP contribution in [0.25, 0.3) is 0 Å². The minimum atomic E-state index is -1.09. The summed E-state index contributed by atoms with van der Waals surface area (Å²) < 4.78 is 12.9. The summed E-state index contributed by atoms with van der Waals surface area (Å²) in [5, 5.41) is 12.3. The van der Waals surface area contributed by atoms with Gasteiger partial charge in [0.1, 0.15) is 10.8 Å². The van der Waals surface area contributed by atoms with Crippen LogP contribution in [0, 0.1) is 5.82 Å². The highest BCUT2D eigenvalue weighted by atomic mass is 35.5. The van der Waals surface area contributed by atoms with Crippen LogP contribution < -0.4 is 5.32 Å². The zero-order chi connectivity index (χ0) is 13.1. The monoisotopic (exact) mass is 286 g/mol. The number of rotatable bonds is 4. The van der Waals surface area contributed by atoms with Gasteiger partial charge in [0, 0.05) is 6.54 Å². The molecule has 0 aliphatic rings. The Morgan fingerprint density at radius 1 is 1.56 bits per heavy atom. The zero-order valence-electron chi connectivity index (χ0n) is 8.98. The summed E-state index contributed by atoms with van der Waals surface area (Å²) in [5.74, 6) is -1.57. The van der Waals surface area contributed by atoms with Gasteiger partial charge < -0.3 is 10.4 Å². The first kappa shape index (κ1) is 12.8. The lowest BCUT2D eigenvalue weighted by Crippen LogP contribution is -2.04. The quantitative estimate of drug-likeness (QED) is 0.906. The van der Waals surface area contributed by atoms with Crippen LogP contribution in [0.2, 0.25) is 5.02 Å². The van der Waals surface area contributed by atoms with Crippen LogP contribution in [0.1, 0.15) is 16.1 Å². The molecule has 0 unspecified atom stereocenters. The summed E-state index contributed by atoms with van der Waals surface area (Å²) in [6, 6.07) is 4.34. The van der Waals surface area contributed by atoms with Gasteiger partial charge in [0.2, 0.25) is 0 Å². The van der Waals surface area contributed by atoms with Gasteiger partial charge in [0.25, 0.3) is 0 Å². The van der Waals surface area contributed by atoms with Crippen LogP contribution in [0.15, 0.2) is 23.7 Å². The zero-order valence-corrected chi connectivity index (χ0v) is 10.6. The van der Waals surface area contributed by atoms with E-state index in [9.17, 15) is 9.18 Å². The van der Waals surface area contributed by atoms with Crippen molar-refractivity contribution < 1.29 is 14.3 Å². The Bertz CT molecular complexity index is 588. The van der Waals surface area contributed by atoms with Crippen molar-refractivity contribution >= 4 is 33.9 Å². The maximum Gasteiger partial charge on any atom is 0.357 e. The number of aromatic carboxylic acids is 1. The number of halogens is 2. The molecule has 0 amide bonds. The van der Waals surface area contributed by atoms with Crippen molar-refractivity contribution in [3.63, 3.8) is 0 Å². The van der Waals surface area contributed by atoms with Crippen molar-refractivity contribution in [2.45, 2.75) is 6.54 Å². The Morgan fingerprint density at radius 3 is 3.00 bits per heavy atom. The number of aromatic nitrogens is 1. The summed E-state index contributed by atoms with van der Waals surface area (Å²) in [6.45, 7) is 0.350. The van der Waals surface area contributed by atoms with Crippen LogP contribution in [0.4, 0.5) is 9.39 Å². The number of hydrogen-bond donors (Lipinski definition) is 2. The number of nitrogens with one attached hydrogen (secondary N) is 1. The minimum Gasteiger partial charge on any atom is -0.476 e. The van der Waals surface area contributed by atoms with Crippen molar-refractivity contribution in [2.75, 3.05) is 5.32 Å². The minimum absolute atomic E-state index is 0.0202. The van der Waals surface area contributed by atoms with Gasteiger partial charge in [-0.25, -0.2) is 14.2 Å². The summed E-state index contributed by atoms with van der Waals surface area (Å²) in [6.07, 6.45) is 0. The highest BCUT2D eigenvalue weighted by Gasteiger charge is 2.13. The van der Waals surface area contributed by atoms with E-state index in [2.05, 4.69) is 10.3 Å². The Hall–Kier alpha value is -1.66. The molecule has 1 aromatic heterocycles. The van der Waals surface area contributed by atoms with Gasteiger partial charge in [0.05, 0.1) is 10.5 Å². The lowest BCUT2D eigenvalue weighted by molar-refractivity contribution is 0.0692. The van der Waals surface area contributed by atoms with E-state index in [1.165, 1.54) is 29.0 Å². The van der Waals surface area contributed by atoms with Gasteiger partial charge in [-0.05, 0) is 17.7 Å². The number of nitrogens with zero attached hydrogens (tertiary/aromatic N) is 1. The molecule has 0 aliphatic carbocycles. The van der Waals surface area contributed by atoms with Gasteiger partial charge in [-0.3, -0.25) is 0 Å². The number of anilines is 1. The molecule has 2 rings (SSSR count). The van der Waals surface area contributed by atoms with E-state index in [1.807, 2.05) is 0 Å². The molecule has 7 heteroatoms. The number of carboxylic acids is 1. The average Bonchev–Trinajstić information content (AvgIpc) is 2.79. The normalized spacial score (nSPS) is 10.3. The summed E-state index contributed by atoms with van der Waals surface area (Å²) >= 11 is 6.84. The molecular formula is C11H8ClFN2O2S. The Kier molecular flexibility index (Phi) is 3.78. The Labute approximate surface area is 111 Å². The molecule has 0 aliphatic heterocycles. The van der Waals surface area contributed by atoms with E-state index in [0.29, 0.717) is 11.5 Å². The smallest absolute Gasteiger partial charge is 0.357 e. The van der Waals surface area contributed by atoms with Gasteiger partial charge >= 0.3 is 5.97 Å². The Balaban J connectivity index is 2.09. The van der Waals surface area contributed by atoms with E-state index < -0.39 is 11.8 Å². The lowest BCUT2D eigenvalue weighted by atomic mass is 10.2. The highest BCUT2D eigenvalue weighted by Crippen LogP contribution is 2.22. The van der Waals surface area contributed by atoms with Gasteiger partial charge in [-0.15, -0.1) is 11.3 Å². The molecule has 2 N–H and O–H groups in total. The van der Waals surface area contributed by atoms with Crippen molar-refractivity contribution in [3.8, 4) is 0 Å². The first-order chi connectivity index (χ1) is 8.58. The Morgan fingerprint density at radius 2 is 2.33 bits per heavy atom. The molecule has 0 saturated heterocycles. The van der Waals surface area contributed by atoms with Crippen molar-refractivity contribution in [2.24, 2.45) is 0 Å². The van der Waals surface area contributed by atoms with Crippen molar-refractivity contribution in [3.05, 3.63) is 45.8 Å². The first-order valence-electron chi connectivity index (χ1n) is 4.92. The van der Waals surface area contributed by atoms with Crippen molar-refractivity contribution in [1.29, 1.82) is 0 Å². The molecule has 0 spiro atoms. The van der Waals surface area contributed by atoms with Crippen LogP contribution in [0.3, 0.4) is 0 Å². The molecular weight excluding hydrogens is 279 g/mol. The van der Waals surface area contributed by atoms with E-state index >= 15 is 0 Å². The van der Waals surface area contributed by atoms with Crippen molar-refractivity contribution in [1.82, 2.24) is 4.98 Å². The van der Waals surface area contributed by atoms with E-state index in [4.69, 9.17) is 16.7 Å². The SMILES string of the molecule is O=C(O)c1ncsc1NCc1ccc(F)c(Cl)c1. The molecule has 4 nitrogen and oxygen atoms in total. The first-order valence-corrected chi connectivity index (χ1v) is 6.18. The molecule has 1 heterocycles. The standard InChI is InChI=1S/C11H8ClFN2O2S/c12-7-3-6(1-2-8(7)13)4-14-10-9(11(16)17)15-5-18-10/h1-3,5,14H,4H2,(H,16,17). The van der Waals surface area contributed by atoms with E-state index in [0.717, 1.165) is 5.56 Å². The molecule has 0 radical (unpaired) electrons. The third kappa shape index (κ3) is 2.77. The molecule has 0 saturated carbocycles.